The molecule has 0 fully saturated rings. The number of methoxy groups -OCH3 is 1. The van der Waals surface area contributed by atoms with E-state index in [1.807, 2.05) is 0 Å². The smallest absolute Gasteiger partial charge is 0.337 e. The molecule has 3 aromatic rings. The number of fused-ring (bicyclic) bond motifs is 1. The van der Waals surface area contributed by atoms with Crippen molar-refractivity contribution < 1.29 is 22.7 Å². The zero-order valence-corrected chi connectivity index (χ0v) is 15.5. The van der Waals surface area contributed by atoms with E-state index in [-0.39, 0.29) is 11.7 Å². The third-order valence-electron chi connectivity index (χ3n) is 3.84. The molecule has 0 saturated carbocycles. The van der Waals surface area contributed by atoms with Gasteiger partial charge in [0, 0.05) is 35.7 Å². The Balaban J connectivity index is 1.82. The number of ether oxygens (including phenoxy) is 1. The number of esters is 1. The number of carbonyl (C=O) groups excluding carboxylic acids is 2. The molecule has 3 rings (SSSR count). The lowest BCUT2D eigenvalue weighted by molar-refractivity contribution is 0.0600. The summed E-state index contributed by atoms with van der Waals surface area (Å²) in [4.78, 5) is 28.0. The molecule has 8 nitrogen and oxygen atoms in total. The van der Waals surface area contributed by atoms with Crippen LogP contribution in [-0.2, 0) is 20.5 Å². The molecule has 1 N–H and O–H groups in total. The highest BCUT2D eigenvalue weighted by molar-refractivity contribution is 7.89. The van der Waals surface area contributed by atoms with E-state index in [9.17, 15) is 18.0 Å². The number of aromatic nitrogens is 2. The average Bonchev–Trinajstić information content (AvgIpc) is 3.01. The van der Waals surface area contributed by atoms with Gasteiger partial charge in [-0.15, -0.1) is 0 Å². The van der Waals surface area contributed by atoms with Crippen LogP contribution in [0, 0.1) is 0 Å². The summed E-state index contributed by atoms with van der Waals surface area (Å²) in [5.74, 6) is -0.763. The number of anilines is 1. The Hall–Kier alpha value is -3.20. The summed E-state index contributed by atoms with van der Waals surface area (Å²) in [5, 5.41) is 3.43. The van der Waals surface area contributed by atoms with Crippen molar-refractivity contribution >= 4 is 38.4 Å². The lowest BCUT2D eigenvalue weighted by Crippen LogP contribution is -2.13. The van der Waals surface area contributed by atoms with Crippen molar-refractivity contribution in [1.29, 1.82) is 0 Å². The van der Waals surface area contributed by atoms with Crippen LogP contribution in [0.1, 0.15) is 20.7 Å². The summed E-state index contributed by atoms with van der Waals surface area (Å²) < 4.78 is 29.3. The maximum absolute atomic E-state index is 12.4. The van der Waals surface area contributed by atoms with Gasteiger partial charge in [-0.3, -0.25) is 4.79 Å². The van der Waals surface area contributed by atoms with Gasteiger partial charge in [0.05, 0.1) is 18.2 Å². The van der Waals surface area contributed by atoms with Crippen LogP contribution in [0.3, 0.4) is 0 Å². The monoisotopic (exact) mass is 387 g/mol. The first-order chi connectivity index (χ1) is 12.8. The topological polar surface area (TPSA) is 107 Å². The highest BCUT2D eigenvalue weighted by Gasteiger charge is 2.12. The lowest BCUT2D eigenvalue weighted by atomic mass is 10.1. The van der Waals surface area contributed by atoms with Crippen LogP contribution < -0.4 is 5.32 Å². The molecular formula is C18H17N3O5S. The molecule has 1 aromatic carbocycles. The summed E-state index contributed by atoms with van der Waals surface area (Å²) in [5.41, 5.74) is 1.33. The Labute approximate surface area is 155 Å². The van der Waals surface area contributed by atoms with Crippen molar-refractivity contribution in [2.24, 2.45) is 0 Å². The highest BCUT2D eigenvalue weighted by Crippen LogP contribution is 2.19. The normalized spacial score (nSPS) is 11.3. The summed E-state index contributed by atoms with van der Waals surface area (Å²) in [6.07, 6.45) is 4.37. The number of hydrogen-bond acceptors (Lipinski definition) is 6. The molecule has 0 aliphatic rings. The van der Waals surface area contributed by atoms with Gasteiger partial charge < -0.3 is 14.6 Å². The van der Waals surface area contributed by atoms with Crippen LogP contribution in [-0.4, -0.2) is 43.2 Å². The maximum atomic E-state index is 12.4. The molecule has 0 atom stereocenters. The molecular weight excluding hydrogens is 370 g/mol. The molecule has 0 aliphatic heterocycles. The average molecular weight is 387 g/mol. The number of hydrogen-bond donors (Lipinski definition) is 1. The number of pyridine rings is 1. The fourth-order valence-corrected chi connectivity index (χ4v) is 3.31. The number of sulfone groups is 1. The Morgan fingerprint density at radius 1 is 1.15 bits per heavy atom. The van der Waals surface area contributed by atoms with Gasteiger partial charge in [-0.1, -0.05) is 0 Å². The molecule has 0 aliphatic carbocycles. The third kappa shape index (κ3) is 4.32. The number of amides is 1. The molecule has 0 spiro atoms. The fourth-order valence-electron chi connectivity index (χ4n) is 2.58. The second-order valence-electron chi connectivity index (χ2n) is 5.99. The van der Waals surface area contributed by atoms with E-state index in [1.165, 1.54) is 31.4 Å². The quantitative estimate of drug-likeness (QED) is 0.672. The molecule has 0 radical (unpaired) electrons. The Kier molecular flexibility index (Phi) is 4.95. The molecule has 27 heavy (non-hydrogen) atoms. The van der Waals surface area contributed by atoms with Crippen LogP contribution in [0.25, 0.3) is 10.9 Å². The first-order valence-electron chi connectivity index (χ1n) is 7.89. The van der Waals surface area contributed by atoms with Crippen LogP contribution >= 0.6 is 0 Å². The van der Waals surface area contributed by atoms with Crippen molar-refractivity contribution in [1.82, 2.24) is 9.55 Å². The second kappa shape index (κ2) is 7.20. The minimum atomic E-state index is -3.21. The van der Waals surface area contributed by atoms with E-state index in [0.29, 0.717) is 16.6 Å². The lowest BCUT2D eigenvalue weighted by Gasteiger charge is -2.07. The van der Waals surface area contributed by atoms with Crippen molar-refractivity contribution in [2.45, 2.75) is 5.88 Å². The van der Waals surface area contributed by atoms with E-state index < -0.39 is 21.7 Å². The summed E-state index contributed by atoms with van der Waals surface area (Å²) in [7, 11) is -1.93. The predicted octanol–water partition coefficient (Wildman–Crippen LogP) is 2.08. The number of carbonyl (C=O) groups is 2. The van der Waals surface area contributed by atoms with E-state index >= 15 is 0 Å². The number of rotatable bonds is 5. The second-order valence-corrected chi connectivity index (χ2v) is 8.10. The van der Waals surface area contributed by atoms with Gasteiger partial charge >= 0.3 is 5.97 Å². The summed E-state index contributed by atoms with van der Waals surface area (Å²) in [6.45, 7) is 0. The first-order valence-corrected chi connectivity index (χ1v) is 9.95. The molecule has 0 saturated heterocycles. The van der Waals surface area contributed by atoms with Crippen LogP contribution in [0.2, 0.25) is 0 Å². The van der Waals surface area contributed by atoms with Gasteiger partial charge in [0.15, 0.2) is 9.84 Å². The number of benzene rings is 1. The zero-order valence-electron chi connectivity index (χ0n) is 14.7. The number of nitrogens with one attached hydrogen (secondary N) is 1. The molecule has 140 valence electrons. The number of nitrogens with zero attached hydrogens (tertiary/aromatic N) is 2. The maximum Gasteiger partial charge on any atom is 0.337 e. The van der Waals surface area contributed by atoms with Gasteiger partial charge in [0.1, 0.15) is 11.7 Å². The SMILES string of the molecule is COC(=O)c1ccc(C(=O)Nc2cc3c(ccn3CS(C)(=O)=O)cn2)cc1. The standard InChI is InChI=1S/C18H17N3O5S/c1-26-18(23)13-5-3-12(4-6-13)17(22)20-16-9-15-14(10-19-16)7-8-21(15)11-27(2,24)25/h3-10H,11H2,1-2H3,(H,19,20,22). The van der Waals surface area contributed by atoms with Crippen molar-refractivity contribution in [3.63, 3.8) is 0 Å². The van der Waals surface area contributed by atoms with Gasteiger partial charge in [-0.2, -0.15) is 0 Å². The van der Waals surface area contributed by atoms with Gasteiger partial charge in [-0.25, -0.2) is 18.2 Å². The largest absolute Gasteiger partial charge is 0.465 e. The molecule has 1 amide bonds. The van der Waals surface area contributed by atoms with Crippen molar-refractivity contribution in [2.75, 3.05) is 18.7 Å². The Bertz CT molecular complexity index is 1120. The zero-order chi connectivity index (χ0) is 19.6. The van der Waals surface area contributed by atoms with Crippen molar-refractivity contribution in [3.8, 4) is 0 Å². The molecule has 0 unspecified atom stereocenters. The van der Waals surface area contributed by atoms with Crippen LogP contribution in [0.5, 0.6) is 0 Å². The van der Waals surface area contributed by atoms with Gasteiger partial charge in [0.2, 0.25) is 0 Å². The minimum Gasteiger partial charge on any atom is -0.465 e. The minimum absolute atomic E-state index is 0.164. The highest BCUT2D eigenvalue weighted by atomic mass is 32.2. The Morgan fingerprint density at radius 3 is 2.44 bits per heavy atom. The molecule has 0 bridgehead atoms. The van der Waals surface area contributed by atoms with E-state index in [2.05, 4.69) is 15.0 Å². The van der Waals surface area contributed by atoms with Crippen LogP contribution in [0.15, 0.2) is 48.8 Å². The summed E-state index contributed by atoms with van der Waals surface area (Å²) >= 11 is 0. The first kappa shape index (κ1) is 18.6. The van der Waals surface area contributed by atoms with E-state index in [4.69, 9.17) is 0 Å². The molecule has 2 aromatic heterocycles. The van der Waals surface area contributed by atoms with Crippen molar-refractivity contribution in [3.05, 3.63) is 59.9 Å². The van der Waals surface area contributed by atoms with Crippen LogP contribution in [0.4, 0.5) is 5.82 Å². The molecule has 2 heterocycles. The fraction of sp³-hybridized carbons (Fsp3) is 0.167. The summed E-state index contributed by atoms with van der Waals surface area (Å²) in [6, 6.07) is 9.37. The molecule has 9 heteroatoms. The third-order valence-corrected chi connectivity index (χ3v) is 4.59. The Morgan fingerprint density at radius 2 is 1.81 bits per heavy atom. The van der Waals surface area contributed by atoms with Gasteiger partial charge in [0.25, 0.3) is 5.91 Å². The predicted molar refractivity (Wildman–Crippen MR) is 100 cm³/mol. The van der Waals surface area contributed by atoms with E-state index in [1.54, 1.807) is 29.1 Å². The van der Waals surface area contributed by atoms with E-state index in [0.717, 1.165) is 11.6 Å². The van der Waals surface area contributed by atoms with Gasteiger partial charge in [-0.05, 0) is 30.3 Å².